The Kier molecular flexibility index (Phi) is 4.74. The molecule has 0 unspecified atom stereocenters. The summed E-state index contributed by atoms with van der Waals surface area (Å²) in [6, 6.07) is 10.2. The van der Waals surface area contributed by atoms with Crippen LogP contribution >= 0.6 is 0 Å². The summed E-state index contributed by atoms with van der Waals surface area (Å²) in [5.41, 5.74) is -0.460. The highest BCUT2D eigenvalue weighted by molar-refractivity contribution is 5.85. The van der Waals surface area contributed by atoms with Crippen molar-refractivity contribution in [2.75, 3.05) is 39.4 Å². The van der Waals surface area contributed by atoms with Gasteiger partial charge in [0.1, 0.15) is 0 Å². The molecule has 2 heterocycles. The summed E-state index contributed by atoms with van der Waals surface area (Å²) < 4.78 is 20.2. The fourth-order valence-electron chi connectivity index (χ4n) is 3.17. The zero-order chi connectivity index (χ0) is 15.4. The molecular formula is C17H23FN2O2. The Labute approximate surface area is 130 Å². The number of hydrogen-bond donors (Lipinski definition) is 0. The van der Waals surface area contributed by atoms with E-state index >= 15 is 4.39 Å². The lowest BCUT2D eigenvalue weighted by Crippen LogP contribution is -2.54. The summed E-state index contributed by atoms with van der Waals surface area (Å²) in [4.78, 5) is 16.3. The number of nitrogens with zero attached hydrogens (tertiary/aromatic N) is 2. The summed E-state index contributed by atoms with van der Waals surface area (Å²) in [6.07, 6.45) is 0.575. The van der Waals surface area contributed by atoms with E-state index in [1.807, 2.05) is 18.2 Å². The number of morpholine rings is 1. The van der Waals surface area contributed by atoms with Gasteiger partial charge in [-0.1, -0.05) is 30.3 Å². The first kappa shape index (κ1) is 15.4. The maximum atomic E-state index is 15.0. The maximum absolute atomic E-state index is 15.0. The summed E-state index contributed by atoms with van der Waals surface area (Å²) in [7, 11) is 0. The molecule has 0 N–H and O–H groups in total. The van der Waals surface area contributed by atoms with Gasteiger partial charge < -0.3 is 9.64 Å². The van der Waals surface area contributed by atoms with E-state index in [1.165, 1.54) is 5.56 Å². The molecule has 0 radical (unpaired) electrons. The zero-order valence-corrected chi connectivity index (χ0v) is 12.8. The summed E-state index contributed by atoms with van der Waals surface area (Å²) >= 11 is 0. The van der Waals surface area contributed by atoms with Crippen molar-refractivity contribution in [1.82, 2.24) is 9.80 Å². The van der Waals surface area contributed by atoms with Crippen molar-refractivity contribution in [2.45, 2.75) is 25.1 Å². The van der Waals surface area contributed by atoms with Crippen molar-refractivity contribution in [1.29, 1.82) is 0 Å². The van der Waals surface area contributed by atoms with Crippen LogP contribution in [0.2, 0.25) is 0 Å². The third-order valence-electron chi connectivity index (χ3n) is 4.58. The van der Waals surface area contributed by atoms with Crippen LogP contribution in [0, 0.1) is 0 Å². The Morgan fingerprint density at radius 3 is 2.36 bits per heavy atom. The first-order valence-corrected chi connectivity index (χ1v) is 8.00. The molecule has 0 atom stereocenters. The SMILES string of the molecule is O=C(N1CCOCC1)C1(F)CCN(Cc2ccccc2)CC1. The van der Waals surface area contributed by atoms with E-state index < -0.39 is 5.67 Å². The molecule has 1 amide bonds. The van der Waals surface area contributed by atoms with Crippen LogP contribution in [0.4, 0.5) is 4.39 Å². The van der Waals surface area contributed by atoms with Gasteiger partial charge >= 0.3 is 0 Å². The molecule has 2 aliphatic heterocycles. The van der Waals surface area contributed by atoms with Crippen LogP contribution in [0.25, 0.3) is 0 Å². The highest BCUT2D eigenvalue weighted by Gasteiger charge is 2.44. The van der Waals surface area contributed by atoms with E-state index in [2.05, 4.69) is 17.0 Å². The standard InChI is InChI=1S/C17H23FN2O2/c18-17(16(21)20-10-12-22-13-11-20)6-8-19(9-7-17)14-15-4-2-1-3-5-15/h1-5H,6-14H2. The van der Waals surface area contributed by atoms with Gasteiger partial charge in [0.25, 0.3) is 5.91 Å². The second-order valence-corrected chi connectivity index (χ2v) is 6.13. The molecule has 120 valence electrons. The number of piperidine rings is 1. The lowest BCUT2D eigenvalue weighted by molar-refractivity contribution is -0.151. The number of carbonyl (C=O) groups excluding carboxylic acids is 1. The fourth-order valence-corrected chi connectivity index (χ4v) is 3.17. The van der Waals surface area contributed by atoms with Crippen LogP contribution in [0.3, 0.4) is 0 Å². The topological polar surface area (TPSA) is 32.8 Å². The van der Waals surface area contributed by atoms with E-state index in [4.69, 9.17) is 4.74 Å². The van der Waals surface area contributed by atoms with Crippen molar-refractivity contribution in [3.8, 4) is 0 Å². The molecule has 22 heavy (non-hydrogen) atoms. The molecule has 0 aromatic heterocycles. The average molecular weight is 306 g/mol. The molecule has 2 saturated heterocycles. The minimum atomic E-state index is -1.69. The third-order valence-corrected chi connectivity index (χ3v) is 4.58. The van der Waals surface area contributed by atoms with Crippen molar-refractivity contribution in [3.05, 3.63) is 35.9 Å². The third kappa shape index (κ3) is 3.47. The fraction of sp³-hybridized carbons (Fsp3) is 0.588. The minimum Gasteiger partial charge on any atom is -0.378 e. The summed E-state index contributed by atoms with van der Waals surface area (Å²) in [5, 5.41) is 0. The van der Waals surface area contributed by atoms with E-state index in [-0.39, 0.29) is 18.7 Å². The molecule has 0 aliphatic carbocycles. The minimum absolute atomic E-state index is 0.288. The molecule has 2 fully saturated rings. The molecular weight excluding hydrogens is 283 g/mol. The largest absolute Gasteiger partial charge is 0.378 e. The van der Waals surface area contributed by atoms with Crippen LogP contribution in [-0.2, 0) is 16.1 Å². The van der Waals surface area contributed by atoms with E-state index in [0.29, 0.717) is 39.4 Å². The zero-order valence-electron chi connectivity index (χ0n) is 12.8. The number of halogens is 1. The van der Waals surface area contributed by atoms with Gasteiger partial charge in [0.15, 0.2) is 5.67 Å². The monoisotopic (exact) mass is 306 g/mol. The van der Waals surface area contributed by atoms with Crippen LogP contribution in [-0.4, -0.2) is 60.8 Å². The molecule has 5 heteroatoms. The van der Waals surface area contributed by atoms with Crippen molar-refractivity contribution < 1.29 is 13.9 Å². The highest BCUT2D eigenvalue weighted by atomic mass is 19.1. The van der Waals surface area contributed by atoms with Crippen LogP contribution in [0.5, 0.6) is 0 Å². The van der Waals surface area contributed by atoms with Gasteiger partial charge in [-0.3, -0.25) is 9.69 Å². The molecule has 1 aromatic carbocycles. The van der Waals surface area contributed by atoms with E-state index in [9.17, 15) is 4.79 Å². The van der Waals surface area contributed by atoms with E-state index in [0.717, 1.165) is 6.54 Å². The van der Waals surface area contributed by atoms with Crippen LogP contribution in [0.1, 0.15) is 18.4 Å². The number of likely N-dealkylation sites (tertiary alicyclic amines) is 1. The average Bonchev–Trinajstić information content (AvgIpc) is 2.58. The molecule has 0 spiro atoms. The highest BCUT2D eigenvalue weighted by Crippen LogP contribution is 2.29. The normalized spacial score (nSPS) is 22.5. The predicted octanol–water partition coefficient (Wildman–Crippen LogP) is 1.85. The van der Waals surface area contributed by atoms with Crippen molar-refractivity contribution in [2.24, 2.45) is 0 Å². The maximum Gasteiger partial charge on any atom is 0.260 e. The summed E-state index contributed by atoms with van der Waals surface area (Å²) in [5.74, 6) is -0.338. The molecule has 0 saturated carbocycles. The van der Waals surface area contributed by atoms with E-state index in [1.54, 1.807) is 4.90 Å². The molecule has 2 aliphatic rings. The molecule has 1 aromatic rings. The quantitative estimate of drug-likeness (QED) is 0.854. The second kappa shape index (κ2) is 6.75. The smallest absolute Gasteiger partial charge is 0.260 e. The molecule has 3 rings (SSSR count). The van der Waals surface area contributed by atoms with Gasteiger partial charge in [-0.05, 0) is 5.56 Å². The first-order chi connectivity index (χ1) is 10.7. The molecule has 0 bridgehead atoms. The number of alkyl halides is 1. The second-order valence-electron chi connectivity index (χ2n) is 6.13. The number of rotatable bonds is 3. The predicted molar refractivity (Wildman–Crippen MR) is 82.2 cm³/mol. The van der Waals surface area contributed by atoms with Crippen LogP contribution < -0.4 is 0 Å². The van der Waals surface area contributed by atoms with Crippen molar-refractivity contribution >= 4 is 5.91 Å². The van der Waals surface area contributed by atoms with Crippen LogP contribution in [0.15, 0.2) is 30.3 Å². The van der Waals surface area contributed by atoms with Gasteiger partial charge in [-0.15, -0.1) is 0 Å². The number of hydrogen-bond acceptors (Lipinski definition) is 3. The summed E-state index contributed by atoms with van der Waals surface area (Å²) in [6.45, 7) is 4.13. The first-order valence-electron chi connectivity index (χ1n) is 8.00. The Morgan fingerprint density at radius 2 is 1.73 bits per heavy atom. The van der Waals surface area contributed by atoms with Gasteiger partial charge in [0.2, 0.25) is 0 Å². The number of amides is 1. The Hall–Kier alpha value is -1.46. The Bertz CT molecular complexity index is 495. The lowest BCUT2D eigenvalue weighted by Gasteiger charge is -2.39. The van der Waals surface area contributed by atoms with Gasteiger partial charge in [0, 0.05) is 45.6 Å². The van der Waals surface area contributed by atoms with Gasteiger partial charge in [0.05, 0.1) is 13.2 Å². The lowest BCUT2D eigenvalue weighted by atomic mass is 9.91. The Morgan fingerprint density at radius 1 is 1.09 bits per heavy atom. The number of carbonyl (C=O) groups is 1. The Balaban J connectivity index is 1.54. The van der Waals surface area contributed by atoms with Gasteiger partial charge in [-0.25, -0.2) is 4.39 Å². The number of benzene rings is 1. The molecule has 4 nitrogen and oxygen atoms in total. The number of ether oxygens (including phenoxy) is 1. The van der Waals surface area contributed by atoms with Gasteiger partial charge in [-0.2, -0.15) is 0 Å². The van der Waals surface area contributed by atoms with Crippen molar-refractivity contribution in [3.63, 3.8) is 0 Å².